The molecule has 2 heterocycles. The summed E-state index contributed by atoms with van der Waals surface area (Å²) < 4.78 is 10.5. The maximum Gasteiger partial charge on any atom is 0.374 e. The van der Waals surface area contributed by atoms with Crippen LogP contribution in [0.1, 0.15) is 32.0 Å². The van der Waals surface area contributed by atoms with Crippen LogP contribution in [-0.2, 0) is 16.0 Å². The van der Waals surface area contributed by atoms with Gasteiger partial charge in [0.15, 0.2) is 6.61 Å². The number of nitrogens with one attached hydrogen (secondary N) is 1. The zero-order valence-electron chi connectivity index (χ0n) is 14.1. The van der Waals surface area contributed by atoms with E-state index in [0.717, 1.165) is 10.3 Å². The smallest absolute Gasteiger partial charge is 0.374 e. The second-order valence-corrected chi connectivity index (χ2v) is 6.82. The summed E-state index contributed by atoms with van der Waals surface area (Å²) in [5.74, 6) is -0.959. The van der Waals surface area contributed by atoms with Crippen LogP contribution in [0.2, 0.25) is 0 Å². The van der Waals surface area contributed by atoms with E-state index in [4.69, 9.17) is 9.15 Å². The Morgan fingerprint density at radius 3 is 2.73 bits per heavy atom. The predicted octanol–water partition coefficient (Wildman–Crippen LogP) is 3.21. The molecule has 3 rings (SSSR count). The number of para-hydroxylation sites is 1. The molecule has 7 heteroatoms. The van der Waals surface area contributed by atoms with Gasteiger partial charge in [0, 0.05) is 23.7 Å². The van der Waals surface area contributed by atoms with Crippen molar-refractivity contribution in [1.82, 2.24) is 5.32 Å². The molecule has 1 N–H and O–H groups in total. The Morgan fingerprint density at radius 2 is 1.96 bits per heavy atom. The van der Waals surface area contributed by atoms with Crippen molar-refractivity contribution < 1.29 is 23.5 Å². The third kappa shape index (κ3) is 4.37. The zero-order chi connectivity index (χ0) is 18.5. The minimum atomic E-state index is -0.669. The molecule has 2 aromatic heterocycles. The maximum atomic E-state index is 12.2. The van der Waals surface area contributed by atoms with Gasteiger partial charge in [-0.2, -0.15) is 0 Å². The first-order valence-corrected chi connectivity index (χ1v) is 8.86. The fourth-order valence-corrected chi connectivity index (χ4v) is 3.31. The average Bonchev–Trinajstić information content (AvgIpc) is 3.25. The van der Waals surface area contributed by atoms with Gasteiger partial charge in [0.1, 0.15) is 5.58 Å². The molecule has 26 heavy (non-hydrogen) atoms. The molecule has 6 nitrogen and oxygen atoms in total. The molecule has 134 valence electrons. The van der Waals surface area contributed by atoms with Gasteiger partial charge < -0.3 is 14.5 Å². The topological polar surface area (TPSA) is 85.6 Å². The number of ether oxygens (including phenoxy) is 1. The van der Waals surface area contributed by atoms with Crippen molar-refractivity contribution in [3.8, 4) is 0 Å². The largest absolute Gasteiger partial charge is 0.451 e. The zero-order valence-corrected chi connectivity index (χ0v) is 14.9. The van der Waals surface area contributed by atoms with Gasteiger partial charge in [0.25, 0.3) is 0 Å². The normalized spacial score (nSPS) is 10.7. The highest BCUT2D eigenvalue weighted by Gasteiger charge is 2.17. The Labute approximate surface area is 153 Å². The van der Waals surface area contributed by atoms with Crippen LogP contribution in [0.25, 0.3) is 11.0 Å². The quantitative estimate of drug-likeness (QED) is 0.509. The van der Waals surface area contributed by atoms with Crippen LogP contribution >= 0.6 is 11.3 Å². The first kappa shape index (κ1) is 17.9. The monoisotopic (exact) mass is 371 g/mol. The molecule has 0 aliphatic heterocycles. The Balaban J connectivity index is 1.54. The molecule has 0 atom stereocenters. The number of amides is 1. The first-order chi connectivity index (χ1) is 12.5. The molecule has 0 unspecified atom stereocenters. The van der Waals surface area contributed by atoms with E-state index in [9.17, 15) is 14.4 Å². The van der Waals surface area contributed by atoms with Crippen molar-refractivity contribution in [2.45, 2.75) is 13.3 Å². The number of thiophene rings is 1. The van der Waals surface area contributed by atoms with E-state index in [1.165, 1.54) is 18.3 Å². The second kappa shape index (κ2) is 7.97. The number of hydrogen-bond donors (Lipinski definition) is 1. The lowest BCUT2D eigenvalue weighted by atomic mass is 10.2. The van der Waals surface area contributed by atoms with Crippen LogP contribution in [-0.4, -0.2) is 30.8 Å². The Hall–Kier alpha value is -2.93. The molecule has 0 aliphatic rings. The van der Waals surface area contributed by atoms with E-state index in [1.54, 1.807) is 18.2 Å². The van der Waals surface area contributed by atoms with Gasteiger partial charge in [0.05, 0.1) is 4.88 Å². The fourth-order valence-electron chi connectivity index (χ4n) is 2.38. The second-order valence-electron chi connectivity index (χ2n) is 5.65. The summed E-state index contributed by atoms with van der Waals surface area (Å²) in [6, 6.07) is 12.4. The maximum absolute atomic E-state index is 12.2. The third-order valence-corrected chi connectivity index (χ3v) is 4.83. The Morgan fingerprint density at radius 1 is 1.15 bits per heavy atom. The fraction of sp³-hybridized carbons (Fsp3) is 0.211. The summed E-state index contributed by atoms with van der Waals surface area (Å²) in [5.41, 5.74) is 0.591. The lowest BCUT2D eigenvalue weighted by Gasteiger charge is -2.01. The minimum absolute atomic E-state index is 0.0705. The molecule has 1 aromatic carbocycles. The van der Waals surface area contributed by atoms with E-state index in [1.807, 2.05) is 24.3 Å². The SMILES string of the molecule is CC(=O)NCCc1ccc(C(=O)COC(=O)c2cc3ccccc3o2)s1. The number of esters is 1. The number of benzene rings is 1. The third-order valence-electron chi connectivity index (χ3n) is 3.64. The van der Waals surface area contributed by atoms with Crippen LogP contribution in [0.15, 0.2) is 46.9 Å². The number of carbonyl (C=O) groups is 3. The van der Waals surface area contributed by atoms with Crippen LogP contribution in [0.4, 0.5) is 0 Å². The Bertz CT molecular complexity index is 923. The minimum Gasteiger partial charge on any atom is -0.451 e. The summed E-state index contributed by atoms with van der Waals surface area (Å²) >= 11 is 1.33. The van der Waals surface area contributed by atoms with Gasteiger partial charge in [0.2, 0.25) is 17.5 Å². The highest BCUT2D eigenvalue weighted by atomic mass is 32.1. The van der Waals surface area contributed by atoms with E-state index in [-0.39, 0.29) is 24.1 Å². The molecule has 0 spiro atoms. The average molecular weight is 371 g/mol. The molecule has 0 bridgehead atoms. The number of carbonyl (C=O) groups excluding carboxylic acids is 3. The van der Waals surface area contributed by atoms with E-state index >= 15 is 0 Å². The van der Waals surface area contributed by atoms with Crippen molar-refractivity contribution in [3.63, 3.8) is 0 Å². The van der Waals surface area contributed by atoms with Crippen molar-refractivity contribution in [3.05, 3.63) is 58.0 Å². The van der Waals surface area contributed by atoms with Gasteiger partial charge >= 0.3 is 5.97 Å². The Kier molecular flexibility index (Phi) is 5.48. The number of ketones is 1. The van der Waals surface area contributed by atoms with E-state index in [2.05, 4.69) is 5.32 Å². The number of furan rings is 1. The first-order valence-electron chi connectivity index (χ1n) is 8.05. The van der Waals surface area contributed by atoms with E-state index < -0.39 is 5.97 Å². The van der Waals surface area contributed by atoms with E-state index in [0.29, 0.717) is 23.4 Å². The van der Waals surface area contributed by atoms with Crippen LogP contribution < -0.4 is 5.32 Å². The molecular formula is C19H17NO5S. The van der Waals surface area contributed by atoms with Crippen molar-refractivity contribution in [2.75, 3.05) is 13.2 Å². The number of hydrogen-bond acceptors (Lipinski definition) is 6. The molecule has 1 amide bonds. The van der Waals surface area contributed by atoms with Crippen molar-refractivity contribution >= 4 is 40.0 Å². The number of Topliss-reactive ketones (excluding diaryl/α,β-unsaturated/α-hetero) is 1. The lowest BCUT2D eigenvalue weighted by molar-refractivity contribution is -0.118. The summed E-state index contributed by atoms with van der Waals surface area (Å²) in [6.45, 7) is 1.63. The van der Waals surface area contributed by atoms with Crippen LogP contribution in [0, 0.1) is 0 Å². The highest BCUT2D eigenvalue weighted by molar-refractivity contribution is 7.14. The summed E-state index contributed by atoms with van der Waals surface area (Å²) in [4.78, 5) is 36.6. The molecule has 0 saturated heterocycles. The summed E-state index contributed by atoms with van der Waals surface area (Å²) in [7, 11) is 0. The van der Waals surface area contributed by atoms with Crippen molar-refractivity contribution in [1.29, 1.82) is 0 Å². The van der Waals surface area contributed by atoms with Crippen LogP contribution in [0.3, 0.4) is 0 Å². The molecule has 3 aromatic rings. The molecule has 0 fully saturated rings. The number of fused-ring (bicyclic) bond motifs is 1. The van der Waals surface area contributed by atoms with Gasteiger partial charge in [-0.25, -0.2) is 4.79 Å². The molecular weight excluding hydrogens is 354 g/mol. The summed E-state index contributed by atoms with van der Waals surface area (Å²) in [6.07, 6.45) is 0.649. The standard InChI is InChI=1S/C19H17NO5S/c1-12(21)20-9-8-14-6-7-18(26-14)15(22)11-24-19(23)17-10-13-4-2-3-5-16(13)25-17/h2-7,10H,8-9,11H2,1H3,(H,20,21). The molecule has 0 saturated carbocycles. The highest BCUT2D eigenvalue weighted by Crippen LogP contribution is 2.20. The van der Waals surface area contributed by atoms with Gasteiger partial charge in [-0.1, -0.05) is 18.2 Å². The van der Waals surface area contributed by atoms with Crippen LogP contribution in [0.5, 0.6) is 0 Å². The van der Waals surface area contributed by atoms with Crippen molar-refractivity contribution in [2.24, 2.45) is 0 Å². The summed E-state index contributed by atoms with van der Waals surface area (Å²) in [5, 5.41) is 3.50. The van der Waals surface area contributed by atoms with Gasteiger partial charge in [-0.15, -0.1) is 11.3 Å². The number of rotatable bonds is 7. The van der Waals surface area contributed by atoms with Gasteiger partial charge in [-0.05, 0) is 30.7 Å². The molecule has 0 aliphatic carbocycles. The van der Waals surface area contributed by atoms with Gasteiger partial charge in [-0.3, -0.25) is 9.59 Å². The predicted molar refractivity (Wildman–Crippen MR) is 97.5 cm³/mol. The molecule has 0 radical (unpaired) electrons. The lowest BCUT2D eigenvalue weighted by Crippen LogP contribution is -2.22.